The molecule has 0 aliphatic heterocycles. The highest BCUT2D eigenvalue weighted by Crippen LogP contribution is 2.33. The fraction of sp³-hybridized carbons (Fsp3) is 0.300. The molecule has 0 N–H and O–H groups in total. The van der Waals surface area contributed by atoms with Gasteiger partial charge in [-0.1, -0.05) is 6.07 Å². The Morgan fingerprint density at radius 3 is 2.36 bits per heavy atom. The number of hydrogen-bond acceptors (Lipinski definition) is 1. The van der Waals surface area contributed by atoms with E-state index in [0.29, 0.717) is 11.1 Å². The third kappa shape index (κ3) is 1.87. The first-order valence-corrected chi connectivity index (χ1v) is 3.87. The predicted molar refractivity (Wildman–Crippen MR) is 44.5 cm³/mol. The lowest BCUT2D eigenvalue weighted by Crippen LogP contribution is -2.09. The van der Waals surface area contributed by atoms with Gasteiger partial charge in [-0.2, -0.15) is 18.4 Å². The molecule has 1 aromatic carbocycles. The average Bonchev–Trinajstić information content (AvgIpc) is 2.01. The molecular formula is C10H7F3N. The van der Waals surface area contributed by atoms with Crippen molar-refractivity contribution in [1.82, 2.24) is 0 Å². The second-order valence-electron chi connectivity index (χ2n) is 2.99. The maximum atomic E-state index is 12.4. The zero-order valence-electron chi connectivity index (χ0n) is 7.66. The molecule has 1 aromatic rings. The van der Waals surface area contributed by atoms with Crippen LogP contribution in [-0.2, 0) is 6.18 Å². The second kappa shape index (κ2) is 3.33. The Labute approximate surface area is 79.8 Å². The molecule has 0 amide bonds. The lowest BCUT2D eigenvalue weighted by molar-refractivity contribution is -0.138. The number of rotatable bonds is 0. The van der Waals surface area contributed by atoms with Crippen molar-refractivity contribution in [1.29, 1.82) is 5.26 Å². The van der Waals surface area contributed by atoms with E-state index in [-0.39, 0.29) is 5.56 Å². The molecular weight excluding hydrogens is 191 g/mol. The van der Waals surface area contributed by atoms with Crippen LogP contribution in [0, 0.1) is 31.2 Å². The van der Waals surface area contributed by atoms with Gasteiger partial charge in [0, 0.05) is 0 Å². The quantitative estimate of drug-likeness (QED) is 0.628. The Bertz CT molecular complexity index is 399. The minimum Gasteiger partial charge on any atom is -0.192 e. The zero-order chi connectivity index (χ0) is 10.9. The molecule has 0 saturated carbocycles. The predicted octanol–water partition coefficient (Wildman–Crippen LogP) is 2.99. The van der Waals surface area contributed by atoms with Gasteiger partial charge in [0.05, 0.1) is 11.1 Å². The number of nitrogens with zero attached hydrogens (tertiary/aromatic N) is 1. The van der Waals surface area contributed by atoms with Crippen LogP contribution in [0.3, 0.4) is 0 Å². The van der Waals surface area contributed by atoms with Crippen molar-refractivity contribution in [2.45, 2.75) is 20.0 Å². The van der Waals surface area contributed by atoms with Gasteiger partial charge in [-0.25, -0.2) is 0 Å². The number of alkyl halides is 3. The van der Waals surface area contributed by atoms with Crippen LogP contribution in [0.25, 0.3) is 0 Å². The number of aryl methyl sites for hydroxylation is 2. The van der Waals surface area contributed by atoms with Crippen LogP contribution in [0.5, 0.6) is 0 Å². The van der Waals surface area contributed by atoms with Crippen molar-refractivity contribution in [3.63, 3.8) is 0 Å². The van der Waals surface area contributed by atoms with E-state index < -0.39 is 11.7 Å². The first-order valence-electron chi connectivity index (χ1n) is 3.87. The molecule has 0 aliphatic carbocycles. The Hall–Kier alpha value is -1.50. The van der Waals surface area contributed by atoms with E-state index in [1.807, 2.05) is 0 Å². The number of nitriles is 1. The highest BCUT2D eigenvalue weighted by Gasteiger charge is 2.34. The van der Waals surface area contributed by atoms with Crippen molar-refractivity contribution in [3.05, 3.63) is 34.4 Å². The molecule has 0 fully saturated rings. The minimum atomic E-state index is -4.51. The number of halogens is 3. The minimum absolute atomic E-state index is 0.330. The number of benzene rings is 1. The SMILES string of the molecule is Cc1[c]c(C(F)(F)F)c(C#N)c(C)c1. The Balaban J connectivity index is 3.50. The molecule has 4 heteroatoms. The average molecular weight is 198 g/mol. The summed E-state index contributed by atoms with van der Waals surface area (Å²) in [6, 6.07) is 5.21. The fourth-order valence-electron chi connectivity index (χ4n) is 1.25. The second-order valence-corrected chi connectivity index (χ2v) is 2.99. The van der Waals surface area contributed by atoms with Gasteiger partial charge in [0.15, 0.2) is 0 Å². The number of hydrogen-bond donors (Lipinski definition) is 0. The highest BCUT2D eigenvalue weighted by atomic mass is 19.4. The third-order valence-corrected chi connectivity index (χ3v) is 1.79. The maximum absolute atomic E-state index is 12.4. The van der Waals surface area contributed by atoms with Crippen molar-refractivity contribution in [2.75, 3.05) is 0 Å². The normalized spacial score (nSPS) is 11.1. The summed E-state index contributed by atoms with van der Waals surface area (Å²) in [5.41, 5.74) is -0.606. The molecule has 0 aromatic heterocycles. The van der Waals surface area contributed by atoms with Gasteiger partial charge in [-0.05, 0) is 31.0 Å². The lowest BCUT2D eigenvalue weighted by atomic mass is 9.99. The summed E-state index contributed by atoms with van der Waals surface area (Å²) in [4.78, 5) is 0. The molecule has 1 radical (unpaired) electrons. The monoisotopic (exact) mass is 198 g/mol. The van der Waals surface area contributed by atoms with Gasteiger partial charge < -0.3 is 0 Å². The van der Waals surface area contributed by atoms with Crippen LogP contribution in [0.15, 0.2) is 6.07 Å². The summed E-state index contributed by atoms with van der Waals surface area (Å²) >= 11 is 0. The van der Waals surface area contributed by atoms with Crippen molar-refractivity contribution in [2.24, 2.45) is 0 Å². The molecule has 1 rings (SSSR count). The van der Waals surface area contributed by atoms with Gasteiger partial charge in [0.1, 0.15) is 6.07 Å². The molecule has 0 spiro atoms. The molecule has 0 heterocycles. The van der Waals surface area contributed by atoms with E-state index in [0.717, 1.165) is 0 Å². The molecule has 0 aliphatic rings. The molecule has 14 heavy (non-hydrogen) atoms. The Kier molecular flexibility index (Phi) is 2.52. The first kappa shape index (κ1) is 10.6. The molecule has 0 saturated heterocycles. The van der Waals surface area contributed by atoms with Crippen LogP contribution in [0.1, 0.15) is 22.3 Å². The topological polar surface area (TPSA) is 23.8 Å². The summed E-state index contributed by atoms with van der Waals surface area (Å²) in [7, 11) is 0. The fourth-order valence-corrected chi connectivity index (χ4v) is 1.25. The van der Waals surface area contributed by atoms with Crippen LogP contribution in [0.4, 0.5) is 13.2 Å². The van der Waals surface area contributed by atoms with E-state index in [1.165, 1.54) is 19.9 Å². The van der Waals surface area contributed by atoms with Crippen LogP contribution in [0.2, 0.25) is 0 Å². The van der Waals surface area contributed by atoms with Gasteiger partial charge in [0.25, 0.3) is 0 Å². The summed E-state index contributed by atoms with van der Waals surface area (Å²) in [6.07, 6.45) is -4.51. The van der Waals surface area contributed by atoms with Crippen LogP contribution >= 0.6 is 0 Å². The van der Waals surface area contributed by atoms with Crippen molar-refractivity contribution >= 4 is 0 Å². The smallest absolute Gasteiger partial charge is 0.192 e. The molecule has 0 unspecified atom stereocenters. The molecule has 0 atom stereocenters. The van der Waals surface area contributed by atoms with E-state index in [2.05, 4.69) is 6.07 Å². The van der Waals surface area contributed by atoms with E-state index in [9.17, 15) is 13.2 Å². The van der Waals surface area contributed by atoms with Gasteiger partial charge in [-0.3, -0.25) is 0 Å². The largest absolute Gasteiger partial charge is 0.418 e. The first-order chi connectivity index (χ1) is 6.36. The van der Waals surface area contributed by atoms with Crippen molar-refractivity contribution in [3.8, 4) is 6.07 Å². The third-order valence-electron chi connectivity index (χ3n) is 1.79. The highest BCUT2D eigenvalue weighted by molar-refractivity contribution is 5.46. The Morgan fingerprint density at radius 1 is 1.36 bits per heavy atom. The van der Waals surface area contributed by atoms with Gasteiger partial charge in [-0.15, -0.1) is 0 Å². The zero-order valence-corrected chi connectivity index (χ0v) is 7.66. The maximum Gasteiger partial charge on any atom is 0.418 e. The standard InChI is InChI=1S/C10H7F3N/c1-6-3-7(2)8(5-14)9(4-6)10(11,12)13/h3H,1-2H3. The lowest BCUT2D eigenvalue weighted by Gasteiger charge is -2.10. The summed E-state index contributed by atoms with van der Waals surface area (Å²) < 4.78 is 37.2. The van der Waals surface area contributed by atoms with Crippen LogP contribution in [-0.4, -0.2) is 0 Å². The summed E-state index contributed by atoms with van der Waals surface area (Å²) in [6.45, 7) is 3.00. The van der Waals surface area contributed by atoms with Gasteiger partial charge >= 0.3 is 6.18 Å². The summed E-state index contributed by atoms with van der Waals surface area (Å²) in [5.74, 6) is 0. The van der Waals surface area contributed by atoms with Crippen molar-refractivity contribution < 1.29 is 13.2 Å². The molecule has 0 bridgehead atoms. The Morgan fingerprint density at radius 2 is 1.93 bits per heavy atom. The summed E-state index contributed by atoms with van der Waals surface area (Å²) in [5, 5.41) is 8.58. The molecule has 73 valence electrons. The van der Waals surface area contributed by atoms with Gasteiger partial charge in [0.2, 0.25) is 0 Å². The van der Waals surface area contributed by atoms with E-state index >= 15 is 0 Å². The van der Waals surface area contributed by atoms with E-state index in [4.69, 9.17) is 5.26 Å². The van der Waals surface area contributed by atoms with Crippen LogP contribution < -0.4 is 0 Å². The molecule has 1 nitrogen and oxygen atoms in total. The van der Waals surface area contributed by atoms with E-state index in [1.54, 1.807) is 6.07 Å².